The van der Waals surface area contributed by atoms with Crippen LogP contribution in [0, 0.1) is 0 Å². The van der Waals surface area contributed by atoms with Crippen LogP contribution in [-0.4, -0.2) is 15.0 Å². The Balaban J connectivity index is 1.18. The van der Waals surface area contributed by atoms with Gasteiger partial charge in [0, 0.05) is 27.5 Å². The van der Waals surface area contributed by atoms with Gasteiger partial charge in [-0.15, -0.1) is 0 Å². The summed E-state index contributed by atoms with van der Waals surface area (Å²) in [5, 5.41) is 9.08. The lowest BCUT2D eigenvalue weighted by Crippen LogP contribution is -2.01. The Morgan fingerprint density at radius 3 is 1.64 bits per heavy atom. The molecule has 0 aliphatic heterocycles. The third kappa shape index (κ3) is 5.26. The van der Waals surface area contributed by atoms with Gasteiger partial charge in [-0.2, -0.15) is 0 Å². The summed E-state index contributed by atoms with van der Waals surface area (Å²) in [5.41, 5.74) is 8.81. The minimum atomic E-state index is 0.588. The Morgan fingerprint density at radius 2 is 0.855 bits per heavy atom. The third-order valence-corrected chi connectivity index (χ3v) is 10.7. The van der Waals surface area contributed by atoms with Crippen LogP contribution in [0.3, 0.4) is 0 Å². The van der Waals surface area contributed by atoms with Crippen LogP contribution >= 0.6 is 0 Å². The Morgan fingerprint density at radius 1 is 0.291 bits per heavy atom. The average Bonchev–Trinajstić information content (AvgIpc) is 3.64. The summed E-state index contributed by atoms with van der Waals surface area (Å²) in [4.78, 5) is 15.8. The molecule has 11 rings (SSSR count). The number of fused-ring (bicyclic) bond motifs is 7. The first kappa shape index (κ1) is 31.1. The lowest BCUT2D eigenvalue weighted by molar-refractivity contribution is 0.669. The van der Waals surface area contributed by atoms with Crippen molar-refractivity contribution in [1.29, 1.82) is 0 Å². The molecule has 55 heavy (non-hydrogen) atoms. The van der Waals surface area contributed by atoms with Crippen molar-refractivity contribution in [1.82, 2.24) is 15.0 Å². The van der Waals surface area contributed by atoms with Gasteiger partial charge in [0.15, 0.2) is 17.5 Å². The Kier molecular flexibility index (Phi) is 7.14. The average molecular weight is 702 g/mol. The van der Waals surface area contributed by atoms with E-state index in [0.29, 0.717) is 17.5 Å². The molecule has 0 fully saturated rings. The molecule has 0 unspecified atom stereocenters. The smallest absolute Gasteiger partial charge is 0.164 e. The van der Waals surface area contributed by atoms with E-state index in [-0.39, 0.29) is 0 Å². The van der Waals surface area contributed by atoms with Crippen molar-refractivity contribution in [3.05, 3.63) is 188 Å². The van der Waals surface area contributed by atoms with Gasteiger partial charge >= 0.3 is 0 Å². The molecule has 0 atom stereocenters. The van der Waals surface area contributed by atoms with E-state index < -0.39 is 0 Å². The van der Waals surface area contributed by atoms with Crippen molar-refractivity contribution in [2.45, 2.75) is 0 Å². The number of aromatic nitrogens is 3. The minimum Gasteiger partial charge on any atom is -0.456 e. The maximum Gasteiger partial charge on any atom is 0.164 e. The Hall–Kier alpha value is -7.43. The molecule has 0 aliphatic carbocycles. The summed E-state index contributed by atoms with van der Waals surface area (Å²) in [6.07, 6.45) is 0. The highest BCUT2D eigenvalue weighted by Crippen LogP contribution is 2.42. The van der Waals surface area contributed by atoms with Crippen LogP contribution in [0.5, 0.6) is 0 Å². The molecule has 9 aromatic carbocycles. The van der Waals surface area contributed by atoms with Crippen LogP contribution in [0.25, 0.3) is 111 Å². The molecular weight excluding hydrogens is 671 g/mol. The molecule has 0 N–H and O–H groups in total. The van der Waals surface area contributed by atoms with E-state index >= 15 is 0 Å². The monoisotopic (exact) mass is 701 g/mol. The quantitative estimate of drug-likeness (QED) is 0.168. The first-order valence-electron chi connectivity index (χ1n) is 18.5. The molecule has 2 heterocycles. The molecule has 0 aliphatic rings. The summed E-state index contributed by atoms with van der Waals surface area (Å²) in [6.45, 7) is 0. The molecule has 0 bridgehead atoms. The predicted molar refractivity (Wildman–Crippen MR) is 227 cm³/mol. The Labute approximate surface area is 317 Å². The Bertz CT molecular complexity index is 3260. The van der Waals surface area contributed by atoms with Gasteiger partial charge in [-0.05, 0) is 84.9 Å². The maximum atomic E-state index is 6.61. The van der Waals surface area contributed by atoms with Crippen molar-refractivity contribution in [3.63, 3.8) is 0 Å². The van der Waals surface area contributed by atoms with Crippen LogP contribution in [0.2, 0.25) is 0 Å². The summed E-state index contributed by atoms with van der Waals surface area (Å²) in [7, 11) is 0. The van der Waals surface area contributed by atoms with Gasteiger partial charge in [-0.25, -0.2) is 15.0 Å². The molecule has 0 amide bonds. The molecule has 0 spiro atoms. The fourth-order valence-electron chi connectivity index (χ4n) is 8.08. The normalized spacial score (nSPS) is 11.6. The summed E-state index contributed by atoms with van der Waals surface area (Å²) >= 11 is 0. The van der Waals surface area contributed by atoms with E-state index in [1.807, 2.05) is 30.3 Å². The van der Waals surface area contributed by atoms with Crippen LogP contribution in [0.15, 0.2) is 192 Å². The lowest BCUT2D eigenvalue weighted by Gasteiger charge is -2.14. The number of nitrogens with zero attached hydrogens (tertiary/aromatic N) is 3. The van der Waals surface area contributed by atoms with Gasteiger partial charge in [-0.1, -0.05) is 158 Å². The van der Waals surface area contributed by atoms with Crippen molar-refractivity contribution in [3.8, 4) is 56.4 Å². The maximum absolute atomic E-state index is 6.61. The molecule has 4 nitrogen and oxygen atoms in total. The van der Waals surface area contributed by atoms with E-state index in [4.69, 9.17) is 19.4 Å². The number of para-hydroxylation sites is 1. The van der Waals surface area contributed by atoms with Crippen molar-refractivity contribution < 1.29 is 4.42 Å². The topological polar surface area (TPSA) is 51.8 Å². The van der Waals surface area contributed by atoms with Gasteiger partial charge in [0.2, 0.25) is 0 Å². The molecule has 4 heteroatoms. The van der Waals surface area contributed by atoms with Gasteiger partial charge in [0.1, 0.15) is 11.2 Å². The molecule has 0 radical (unpaired) electrons. The van der Waals surface area contributed by atoms with E-state index in [9.17, 15) is 0 Å². The number of furan rings is 1. The van der Waals surface area contributed by atoms with Crippen LogP contribution < -0.4 is 0 Å². The molecule has 11 aromatic rings. The fraction of sp³-hybridized carbons (Fsp3) is 0. The van der Waals surface area contributed by atoms with E-state index in [1.54, 1.807) is 0 Å². The van der Waals surface area contributed by atoms with Crippen LogP contribution in [0.4, 0.5) is 0 Å². The summed E-state index contributed by atoms with van der Waals surface area (Å²) in [6, 6.07) is 65.8. The second kappa shape index (κ2) is 12.6. The van der Waals surface area contributed by atoms with Crippen molar-refractivity contribution in [2.24, 2.45) is 0 Å². The van der Waals surface area contributed by atoms with Crippen molar-refractivity contribution in [2.75, 3.05) is 0 Å². The van der Waals surface area contributed by atoms with Gasteiger partial charge in [0.25, 0.3) is 0 Å². The SMILES string of the molecule is c1ccc(-c2nc(-c3ccc(-c4ccccc4)c4ccccc34)nc(-c3cc(-c4ccc5ccc6ccccc6c5c4)cc4oc5ccccc5c34)n2)cc1. The van der Waals surface area contributed by atoms with Gasteiger partial charge in [0.05, 0.1) is 0 Å². The second-order valence-electron chi connectivity index (χ2n) is 14.0. The first-order chi connectivity index (χ1) is 27.2. The van der Waals surface area contributed by atoms with Crippen LogP contribution in [-0.2, 0) is 0 Å². The summed E-state index contributed by atoms with van der Waals surface area (Å²) < 4.78 is 6.61. The molecular formula is C51H31N3O. The lowest BCUT2D eigenvalue weighted by atomic mass is 9.94. The molecule has 0 saturated carbocycles. The van der Waals surface area contributed by atoms with Gasteiger partial charge in [-0.3, -0.25) is 0 Å². The predicted octanol–water partition coefficient (Wildman–Crippen LogP) is 13.6. The highest BCUT2D eigenvalue weighted by atomic mass is 16.3. The molecule has 0 saturated heterocycles. The number of benzene rings is 9. The number of hydrogen-bond acceptors (Lipinski definition) is 4. The second-order valence-corrected chi connectivity index (χ2v) is 14.0. The zero-order valence-electron chi connectivity index (χ0n) is 29.6. The van der Waals surface area contributed by atoms with E-state index in [0.717, 1.165) is 60.5 Å². The van der Waals surface area contributed by atoms with Crippen molar-refractivity contribution >= 4 is 54.3 Å². The first-order valence-corrected chi connectivity index (χ1v) is 18.5. The molecule has 2 aromatic heterocycles. The zero-order valence-corrected chi connectivity index (χ0v) is 29.6. The number of rotatable bonds is 5. The minimum absolute atomic E-state index is 0.588. The summed E-state index contributed by atoms with van der Waals surface area (Å²) in [5.74, 6) is 1.81. The van der Waals surface area contributed by atoms with Crippen LogP contribution in [0.1, 0.15) is 0 Å². The molecule has 256 valence electrons. The fourth-order valence-corrected chi connectivity index (χ4v) is 8.08. The standard InChI is InChI=1S/C51H31N3O/c1-3-13-32(14-4-1)39-27-28-42(41-20-10-9-19-40(39)41)50-52-49(35-16-5-2-6-17-35)53-51(54-50)45-30-37(31-47-48(45)43-21-11-12-22-46(43)55-47)36-26-25-34-24-23-33-15-7-8-18-38(33)44(34)29-36/h1-31H. The van der Waals surface area contributed by atoms with E-state index in [1.165, 1.54) is 32.7 Å². The highest BCUT2D eigenvalue weighted by molar-refractivity contribution is 6.14. The zero-order chi connectivity index (χ0) is 36.3. The van der Waals surface area contributed by atoms with Gasteiger partial charge < -0.3 is 4.42 Å². The highest BCUT2D eigenvalue weighted by Gasteiger charge is 2.21. The third-order valence-electron chi connectivity index (χ3n) is 10.7. The number of hydrogen-bond donors (Lipinski definition) is 0. The largest absolute Gasteiger partial charge is 0.456 e. The van der Waals surface area contributed by atoms with E-state index in [2.05, 4.69) is 158 Å².